The molecule has 0 fully saturated rings. The molecule has 0 spiro atoms. The number of carbonyl (C=O) groups excluding carboxylic acids is 2. The molecule has 134 valence electrons. The maximum Gasteiger partial charge on any atom is 0.281 e. The van der Waals surface area contributed by atoms with E-state index in [9.17, 15) is 9.59 Å². The second-order valence-corrected chi connectivity index (χ2v) is 7.04. The number of fused-ring (bicyclic) bond motifs is 1. The third kappa shape index (κ3) is 4.15. The number of ether oxygens (including phenoxy) is 1. The van der Waals surface area contributed by atoms with Crippen molar-refractivity contribution in [1.82, 2.24) is 10.9 Å². The zero-order valence-electron chi connectivity index (χ0n) is 14.0. The summed E-state index contributed by atoms with van der Waals surface area (Å²) < 4.78 is 6.48. The van der Waals surface area contributed by atoms with Gasteiger partial charge in [0.05, 0.1) is 18.1 Å². The summed E-state index contributed by atoms with van der Waals surface area (Å²) in [5.41, 5.74) is 5.78. The molecule has 2 aromatic carbocycles. The molecule has 2 N–H and O–H groups in total. The van der Waals surface area contributed by atoms with Gasteiger partial charge in [-0.1, -0.05) is 48.0 Å². The number of hydrazine groups is 1. The number of hydrogen-bond donors (Lipinski definition) is 2. The van der Waals surface area contributed by atoms with Crippen LogP contribution in [0.15, 0.2) is 48.5 Å². The highest BCUT2D eigenvalue weighted by molar-refractivity contribution is 7.21. The first-order valence-corrected chi connectivity index (χ1v) is 9.20. The molecule has 0 aliphatic carbocycles. The monoisotopic (exact) mass is 388 g/mol. The summed E-state index contributed by atoms with van der Waals surface area (Å²) in [4.78, 5) is 24.5. The van der Waals surface area contributed by atoms with E-state index in [2.05, 4.69) is 10.9 Å². The Morgan fingerprint density at radius 1 is 1.08 bits per heavy atom. The minimum absolute atomic E-state index is 0.120. The number of aryl methyl sites for hydroxylation is 1. The van der Waals surface area contributed by atoms with Gasteiger partial charge in [-0.05, 0) is 24.6 Å². The second-order valence-electron chi connectivity index (χ2n) is 5.61. The molecular weight excluding hydrogens is 372 g/mol. The molecule has 7 heteroatoms. The van der Waals surface area contributed by atoms with Gasteiger partial charge in [0.25, 0.3) is 5.91 Å². The molecule has 3 rings (SSSR count). The Morgan fingerprint density at radius 2 is 1.81 bits per heavy atom. The Labute approximate surface area is 159 Å². The van der Waals surface area contributed by atoms with Crippen molar-refractivity contribution in [1.29, 1.82) is 0 Å². The van der Waals surface area contributed by atoms with E-state index in [4.69, 9.17) is 16.3 Å². The van der Waals surface area contributed by atoms with Gasteiger partial charge >= 0.3 is 0 Å². The van der Waals surface area contributed by atoms with Crippen LogP contribution in [0.1, 0.15) is 21.7 Å². The Kier molecular flexibility index (Phi) is 5.75. The highest BCUT2D eigenvalue weighted by atomic mass is 35.5. The lowest BCUT2D eigenvalue weighted by Crippen LogP contribution is -2.41. The molecule has 2 amide bonds. The fourth-order valence-electron chi connectivity index (χ4n) is 2.38. The zero-order valence-corrected chi connectivity index (χ0v) is 15.6. The predicted octanol–water partition coefficient (Wildman–Crippen LogP) is 4.09. The van der Waals surface area contributed by atoms with E-state index in [1.54, 1.807) is 0 Å². The quantitative estimate of drug-likeness (QED) is 0.647. The van der Waals surface area contributed by atoms with E-state index in [0.29, 0.717) is 9.90 Å². The van der Waals surface area contributed by atoms with Crippen LogP contribution in [0.2, 0.25) is 5.02 Å². The lowest BCUT2D eigenvalue weighted by atomic mass is 10.2. The molecule has 3 aromatic rings. The number of thiophene rings is 1. The van der Waals surface area contributed by atoms with Crippen molar-refractivity contribution in [3.8, 4) is 5.75 Å². The molecule has 0 radical (unpaired) electrons. The number of halogens is 1. The highest BCUT2D eigenvalue weighted by Crippen LogP contribution is 2.34. The summed E-state index contributed by atoms with van der Waals surface area (Å²) in [6.45, 7) is 2.15. The Balaban J connectivity index is 1.50. The second kappa shape index (κ2) is 8.21. The number of amides is 2. The predicted molar refractivity (Wildman–Crippen MR) is 104 cm³/mol. The molecule has 26 heavy (non-hydrogen) atoms. The van der Waals surface area contributed by atoms with E-state index in [1.807, 2.05) is 55.5 Å². The molecule has 0 saturated carbocycles. The normalized spacial score (nSPS) is 10.5. The van der Waals surface area contributed by atoms with Crippen molar-refractivity contribution < 1.29 is 14.3 Å². The lowest BCUT2D eigenvalue weighted by Gasteiger charge is -2.09. The van der Waals surface area contributed by atoms with Crippen LogP contribution in [0.3, 0.4) is 0 Å². The number of nitrogens with one attached hydrogen (secondary N) is 2. The molecule has 5 nitrogen and oxygen atoms in total. The Bertz CT molecular complexity index is 955. The number of rotatable bonds is 5. The van der Waals surface area contributed by atoms with Gasteiger partial charge in [0.1, 0.15) is 10.6 Å². The minimum atomic E-state index is -0.440. The standard InChI is InChI=1S/C19H17ClN2O3S/c1-12-6-2-4-8-14(12)25-11-10-16(23)21-22-19(24)18-17(20)13-7-3-5-9-15(13)26-18/h2-9H,10-11H2,1H3,(H,21,23)(H,22,24). The van der Waals surface area contributed by atoms with Crippen molar-refractivity contribution in [3.63, 3.8) is 0 Å². The van der Waals surface area contributed by atoms with Gasteiger partial charge in [0, 0.05) is 10.1 Å². The van der Waals surface area contributed by atoms with E-state index in [1.165, 1.54) is 11.3 Å². The van der Waals surface area contributed by atoms with Gasteiger partial charge in [0.15, 0.2) is 0 Å². The van der Waals surface area contributed by atoms with Crippen LogP contribution in [0.4, 0.5) is 0 Å². The lowest BCUT2D eigenvalue weighted by molar-refractivity contribution is -0.122. The van der Waals surface area contributed by atoms with E-state index in [-0.39, 0.29) is 18.9 Å². The molecule has 0 bridgehead atoms. The molecule has 0 aliphatic heterocycles. The van der Waals surface area contributed by atoms with Crippen LogP contribution in [-0.2, 0) is 4.79 Å². The van der Waals surface area contributed by atoms with Gasteiger partial charge in [-0.15, -0.1) is 11.3 Å². The van der Waals surface area contributed by atoms with E-state index < -0.39 is 5.91 Å². The first kappa shape index (κ1) is 18.2. The van der Waals surface area contributed by atoms with Crippen molar-refractivity contribution in [3.05, 3.63) is 64.0 Å². The Morgan fingerprint density at radius 3 is 2.58 bits per heavy atom. The van der Waals surface area contributed by atoms with Crippen LogP contribution in [-0.4, -0.2) is 18.4 Å². The van der Waals surface area contributed by atoms with Gasteiger partial charge in [0.2, 0.25) is 5.91 Å². The van der Waals surface area contributed by atoms with E-state index >= 15 is 0 Å². The Hall–Kier alpha value is -2.57. The molecule has 1 aromatic heterocycles. The average molecular weight is 389 g/mol. The zero-order chi connectivity index (χ0) is 18.5. The number of hydrogen-bond acceptors (Lipinski definition) is 4. The van der Waals surface area contributed by atoms with Gasteiger partial charge in [-0.2, -0.15) is 0 Å². The minimum Gasteiger partial charge on any atom is -0.493 e. The molecule has 0 atom stereocenters. The van der Waals surface area contributed by atoms with Crippen LogP contribution >= 0.6 is 22.9 Å². The van der Waals surface area contributed by atoms with Crippen molar-refractivity contribution in [2.24, 2.45) is 0 Å². The van der Waals surface area contributed by atoms with E-state index in [0.717, 1.165) is 21.4 Å². The first-order chi connectivity index (χ1) is 12.6. The van der Waals surface area contributed by atoms with Crippen molar-refractivity contribution >= 4 is 44.8 Å². The van der Waals surface area contributed by atoms with Crippen molar-refractivity contribution in [2.45, 2.75) is 13.3 Å². The average Bonchev–Trinajstić information content (AvgIpc) is 2.98. The maximum atomic E-state index is 12.2. The summed E-state index contributed by atoms with van der Waals surface area (Å²) in [7, 11) is 0. The summed E-state index contributed by atoms with van der Waals surface area (Å²) >= 11 is 7.53. The molecule has 0 unspecified atom stereocenters. The van der Waals surface area contributed by atoms with Gasteiger partial charge in [-0.25, -0.2) is 0 Å². The van der Waals surface area contributed by atoms with Crippen LogP contribution in [0.5, 0.6) is 5.75 Å². The fraction of sp³-hybridized carbons (Fsp3) is 0.158. The molecule has 0 aliphatic rings. The van der Waals surface area contributed by atoms with Gasteiger partial charge in [-0.3, -0.25) is 20.4 Å². The third-order valence-corrected chi connectivity index (χ3v) is 5.41. The van der Waals surface area contributed by atoms with Crippen LogP contribution in [0, 0.1) is 6.92 Å². The molecule has 0 saturated heterocycles. The van der Waals surface area contributed by atoms with Crippen molar-refractivity contribution in [2.75, 3.05) is 6.61 Å². The topological polar surface area (TPSA) is 67.4 Å². The van der Waals surface area contributed by atoms with Crippen LogP contribution < -0.4 is 15.6 Å². The maximum absolute atomic E-state index is 12.2. The fourth-order valence-corrected chi connectivity index (χ4v) is 3.79. The number of carbonyl (C=O) groups is 2. The smallest absolute Gasteiger partial charge is 0.281 e. The summed E-state index contributed by atoms with van der Waals surface area (Å²) in [5, 5.41) is 1.21. The summed E-state index contributed by atoms with van der Waals surface area (Å²) in [6.07, 6.45) is 0.120. The van der Waals surface area contributed by atoms with Crippen LogP contribution in [0.25, 0.3) is 10.1 Å². The summed E-state index contributed by atoms with van der Waals surface area (Å²) in [6, 6.07) is 15.1. The van der Waals surface area contributed by atoms with Gasteiger partial charge < -0.3 is 4.74 Å². The first-order valence-electron chi connectivity index (χ1n) is 8.01. The summed E-state index contributed by atoms with van der Waals surface area (Å²) in [5.74, 6) is -0.0464. The largest absolute Gasteiger partial charge is 0.493 e. The highest BCUT2D eigenvalue weighted by Gasteiger charge is 2.17. The number of benzene rings is 2. The number of para-hydroxylation sites is 1. The molecule has 1 heterocycles. The SMILES string of the molecule is Cc1ccccc1OCCC(=O)NNC(=O)c1sc2ccccc2c1Cl. The third-order valence-electron chi connectivity index (χ3n) is 3.74. The molecular formula is C19H17ClN2O3S.